The predicted octanol–water partition coefficient (Wildman–Crippen LogP) is 4.24. The molecular formula is C24H24N2O2. The largest absolute Gasteiger partial charge is 0.483 e. The van der Waals surface area contributed by atoms with Crippen molar-refractivity contribution >= 4 is 5.91 Å². The number of para-hydroxylation sites is 1. The molecule has 0 saturated heterocycles. The number of amides is 1. The maximum atomic E-state index is 12.9. The Balaban J connectivity index is 1.41. The van der Waals surface area contributed by atoms with E-state index in [0.29, 0.717) is 12.6 Å². The Morgan fingerprint density at radius 2 is 1.64 bits per heavy atom. The second-order valence-corrected chi connectivity index (χ2v) is 7.17. The van der Waals surface area contributed by atoms with Crippen LogP contribution in [-0.4, -0.2) is 28.4 Å². The van der Waals surface area contributed by atoms with Crippen LogP contribution in [0.5, 0.6) is 5.75 Å². The van der Waals surface area contributed by atoms with Gasteiger partial charge < -0.3 is 9.64 Å². The van der Waals surface area contributed by atoms with Gasteiger partial charge in [-0.2, -0.15) is 0 Å². The summed E-state index contributed by atoms with van der Waals surface area (Å²) >= 11 is 0. The molecule has 0 N–H and O–H groups in total. The minimum Gasteiger partial charge on any atom is -0.483 e. The number of rotatable bonds is 8. The summed E-state index contributed by atoms with van der Waals surface area (Å²) < 4.78 is 5.96. The van der Waals surface area contributed by atoms with Crippen LogP contribution < -0.4 is 4.74 Å². The molecule has 1 saturated carbocycles. The average molecular weight is 372 g/mol. The van der Waals surface area contributed by atoms with Crippen LogP contribution in [0, 0.1) is 0 Å². The SMILES string of the molecule is O=C(COc1ccccc1Cc1ccccc1)N(Cc1ccncc1)C1CC1. The number of nitrogens with zero attached hydrogens (tertiary/aromatic N) is 2. The molecule has 28 heavy (non-hydrogen) atoms. The van der Waals surface area contributed by atoms with Crippen molar-refractivity contribution in [3.8, 4) is 5.75 Å². The van der Waals surface area contributed by atoms with E-state index in [4.69, 9.17) is 4.74 Å². The first kappa shape index (κ1) is 18.2. The summed E-state index contributed by atoms with van der Waals surface area (Å²) in [7, 11) is 0. The Labute approximate surface area is 165 Å². The Morgan fingerprint density at radius 3 is 2.39 bits per heavy atom. The highest BCUT2D eigenvalue weighted by Crippen LogP contribution is 2.29. The molecule has 4 heteroatoms. The number of ether oxygens (including phenoxy) is 1. The minimum absolute atomic E-state index is 0.0360. The van der Waals surface area contributed by atoms with Gasteiger partial charge in [-0.05, 0) is 47.7 Å². The normalized spacial score (nSPS) is 13.1. The summed E-state index contributed by atoms with van der Waals surface area (Å²) in [4.78, 5) is 18.8. The number of benzene rings is 2. The van der Waals surface area contributed by atoms with Gasteiger partial charge >= 0.3 is 0 Å². The Bertz CT molecular complexity index is 908. The molecule has 1 aromatic heterocycles. The molecule has 1 fully saturated rings. The topological polar surface area (TPSA) is 42.4 Å². The van der Waals surface area contributed by atoms with E-state index in [9.17, 15) is 4.79 Å². The van der Waals surface area contributed by atoms with E-state index < -0.39 is 0 Å². The number of carbonyl (C=O) groups is 1. The van der Waals surface area contributed by atoms with Crippen molar-refractivity contribution in [2.45, 2.75) is 31.8 Å². The number of hydrogen-bond donors (Lipinski definition) is 0. The van der Waals surface area contributed by atoms with Crippen LogP contribution >= 0.6 is 0 Å². The Hall–Kier alpha value is -3.14. The van der Waals surface area contributed by atoms with Gasteiger partial charge in [-0.25, -0.2) is 0 Å². The number of aromatic nitrogens is 1. The van der Waals surface area contributed by atoms with Crippen molar-refractivity contribution < 1.29 is 9.53 Å². The van der Waals surface area contributed by atoms with E-state index >= 15 is 0 Å². The van der Waals surface area contributed by atoms with Crippen LogP contribution in [0.15, 0.2) is 79.1 Å². The Kier molecular flexibility index (Phi) is 5.66. The molecule has 1 heterocycles. The molecule has 0 atom stereocenters. The highest BCUT2D eigenvalue weighted by molar-refractivity contribution is 5.78. The van der Waals surface area contributed by atoms with Crippen LogP contribution in [0.2, 0.25) is 0 Å². The maximum absolute atomic E-state index is 12.9. The molecule has 2 aromatic carbocycles. The summed E-state index contributed by atoms with van der Waals surface area (Å²) in [5.41, 5.74) is 3.41. The third kappa shape index (κ3) is 4.77. The van der Waals surface area contributed by atoms with Crippen LogP contribution in [-0.2, 0) is 17.8 Å². The van der Waals surface area contributed by atoms with E-state index in [0.717, 1.165) is 36.1 Å². The fourth-order valence-corrected chi connectivity index (χ4v) is 3.32. The molecule has 1 aliphatic rings. The van der Waals surface area contributed by atoms with E-state index in [-0.39, 0.29) is 12.5 Å². The average Bonchev–Trinajstić information content (AvgIpc) is 3.58. The molecule has 1 amide bonds. The van der Waals surface area contributed by atoms with Crippen molar-refractivity contribution in [3.63, 3.8) is 0 Å². The van der Waals surface area contributed by atoms with E-state index in [1.165, 1.54) is 5.56 Å². The molecule has 0 unspecified atom stereocenters. The van der Waals surface area contributed by atoms with E-state index in [2.05, 4.69) is 23.2 Å². The lowest BCUT2D eigenvalue weighted by molar-refractivity contribution is -0.134. The fourth-order valence-electron chi connectivity index (χ4n) is 3.32. The van der Waals surface area contributed by atoms with E-state index in [1.54, 1.807) is 12.4 Å². The fraction of sp³-hybridized carbons (Fsp3) is 0.250. The molecule has 4 rings (SSSR count). The standard InChI is InChI=1S/C24H24N2O2/c27-24(26(22-10-11-22)17-20-12-14-25-15-13-20)18-28-23-9-5-4-8-21(23)16-19-6-2-1-3-7-19/h1-9,12-15,22H,10-11,16-18H2. The second-order valence-electron chi connectivity index (χ2n) is 7.17. The second kappa shape index (κ2) is 8.70. The van der Waals surface area contributed by atoms with Gasteiger partial charge in [-0.3, -0.25) is 9.78 Å². The highest BCUT2D eigenvalue weighted by Gasteiger charge is 2.32. The number of hydrogen-bond acceptors (Lipinski definition) is 3. The van der Waals surface area contributed by atoms with Gasteiger partial charge in [-0.1, -0.05) is 48.5 Å². The minimum atomic E-state index is 0.0360. The van der Waals surface area contributed by atoms with Gasteiger partial charge in [0.05, 0.1) is 0 Å². The summed E-state index contributed by atoms with van der Waals surface area (Å²) in [5.74, 6) is 0.813. The zero-order valence-corrected chi connectivity index (χ0v) is 15.8. The van der Waals surface area contributed by atoms with Gasteiger partial charge in [0, 0.05) is 31.4 Å². The molecule has 0 bridgehead atoms. The first-order chi connectivity index (χ1) is 13.8. The molecule has 142 valence electrons. The summed E-state index contributed by atoms with van der Waals surface area (Å²) in [6.07, 6.45) is 6.46. The highest BCUT2D eigenvalue weighted by atomic mass is 16.5. The third-order valence-electron chi connectivity index (χ3n) is 4.97. The van der Waals surface area contributed by atoms with E-state index in [1.807, 2.05) is 53.4 Å². The van der Waals surface area contributed by atoms with Crippen molar-refractivity contribution in [1.29, 1.82) is 0 Å². The summed E-state index contributed by atoms with van der Waals surface area (Å²) in [5, 5.41) is 0. The molecule has 0 spiro atoms. The predicted molar refractivity (Wildman–Crippen MR) is 109 cm³/mol. The first-order valence-corrected chi connectivity index (χ1v) is 9.72. The molecule has 0 aliphatic heterocycles. The van der Waals surface area contributed by atoms with Crippen LogP contribution in [0.1, 0.15) is 29.5 Å². The van der Waals surface area contributed by atoms with Gasteiger partial charge in [0.1, 0.15) is 5.75 Å². The quantitative estimate of drug-likeness (QED) is 0.594. The molecule has 4 nitrogen and oxygen atoms in total. The number of pyridine rings is 1. The first-order valence-electron chi connectivity index (χ1n) is 9.72. The zero-order valence-electron chi connectivity index (χ0n) is 15.8. The van der Waals surface area contributed by atoms with Crippen molar-refractivity contribution in [2.24, 2.45) is 0 Å². The van der Waals surface area contributed by atoms with Gasteiger partial charge in [0.15, 0.2) is 6.61 Å². The lowest BCUT2D eigenvalue weighted by Gasteiger charge is -2.23. The molecule has 1 aliphatic carbocycles. The van der Waals surface area contributed by atoms with Gasteiger partial charge in [0.2, 0.25) is 0 Å². The van der Waals surface area contributed by atoms with Crippen LogP contribution in [0.4, 0.5) is 0 Å². The molecule has 3 aromatic rings. The molecular weight excluding hydrogens is 348 g/mol. The van der Waals surface area contributed by atoms with Crippen LogP contribution in [0.25, 0.3) is 0 Å². The Morgan fingerprint density at radius 1 is 0.929 bits per heavy atom. The third-order valence-corrected chi connectivity index (χ3v) is 4.97. The monoisotopic (exact) mass is 372 g/mol. The summed E-state index contributed by atoms with van der Waals surface area (Å²) in [6.45, 7) is 0.675. The smallest absolute Gasteiger partial charge is 0.261 e. The van der Waals surface area contributed by atoms with Gasteiger partial charge in [0.25, 0.3) is 5.91 Å². The number of carbonyl (C=O) groups excluding carboxylic acids is 1. The maximum Gasteiger partial charge on any atom is 0.261 e. The summed E-state index contributed by atoms with van der Waals surface area (Å²) in [6, 6.07) is 22.5. The van der Waals surface area contributed by atoms with Gasteiger partial charge in [-0.15, -0.1) is 0 Å². The zero-order chi connectivity index (χ0) is 19.2. The lowest BCUT2D eigenvalue weighted by Crippen LogP contribution is -2.36. The van der Waals surface area contributed by atoms with Crippen molar-refractivity contribution in [3.05, 3.63) is 95.8 Å². The van der Waals surface area contributed by atoms with Crippen molar-refractivity contribution in [1.82, 2.24) is 9.88 Å². The lowest BCUT2D eigenvalue weighted by atomic mass is 10.0. The molecule has 0 radical (unpaired) electrons. The van der Waals surface area contributed by atoms with Crippen LogP contribution in [0.3, 0.4) is 0 Å². The van der Waals surface area contributed by atoms with Crippen molar-refractivity contribution in [2.75, 3.05) is 6.61 Å².